The molecule has 28 heavy (non-hydrogen) atoms. The lowest BCUT2D eigenvalue weighted by molar-refractivity contribution is 0.106. The molecule has 1 aromatic heterocycles. The first-order valence-electron chi connectivity index (χ1n) is 10.2. The Morgan fingerprint density at radius 3 is 2.64 bits per heavy atom. The average molecular weight is 387 g/mol. The maximum Gasteiger partial charge on any atom is 0.123 e. The molecule has 0 atom stereocenters. The van der Waals surface area contributed by atoms with Crippen molar-refractivity contribution in [2.24, 2.45) is 13.0 Å². The van der Waals surface area contributed by atoms with E-state index >= 15 is 0 Å². The maximum absolute atomic E-state index is 5.50. The van der Waals surface area contributed by atoms with E-state index in [0.29, 0.717) is 0 Å². The van der Waals surface area contributed by atoms with Gasteiger partial charge in [-0.3, -0.25) is 14.5 Å². The molecule has 2 aromatic rings. The molecule has 0 unspecified atom stereocenters. The number of aryl methyl sites for hydroxylation is 1. The van der Waals surface area contributed by atoms with Gasteiger partial charge in [0.2, 0.25) is 0 Å². The molecule has 1 aliphatic heterocycles. The van der Waals surface area contributed by atoms with E-state index in [1.807, 2.05) is 30.1 Å². The van der Waals surface area contributed by atoms with Gasteiger partial charge in [-0.15, -0.1) is 0 Å². The molecule has 0 aliphatic carbocycles. The number of benzene rings is 1. The van der Waals surface area contributed by atoms with Crippen LogP contribution in [0, 0.1) is 5.92 Å². The number of likely N-dealkylation sites (tertiary alicyclic amines) is 1. The van der Waals surface area contributed by atoms with Crippen LogP contribution in [0.5, 0.6) is 5.75 Å². The fourth-order valence-electron chi connectivity index (χ4n) is 4.03. The molecule has 2 heterocycles. The number of para-hydroxylation sites is 1. The van der Waals surface area contributed by atoms with E-state index < -0.39 is 0 Å². The minimum Gasteiger partial charge on any atom is -0.496 e. The molecule has 0 amide bonds. The minimum absolute atomic E-state index is 0.738. The molecule has 1 saturated heterocycles. The fourth-order valence-corrected chi connectivity index (χ4v) is 4.03. The topological polar surface area (TPSA) is 42.8 Å². The number of rotatable bonds is 10. The van der Waals surface area contributed by atoms with E-state index in [1.54, 1.807) is 14.2 Å². The molecule has 0 bridgehead atoms. The van der Waals surface area contributed by atoms with Crippen LogP contribution in [0.25, 0.3) is 0 Å². The van der Waals surface area contributed by atoms with Gasteiger partial charge in [0.1, 0.15) is 5.75 Å². The molecule has 0 saturated carbocycles. The van der Waals surface area contributed by atoms with Crippen LogP contribution in [0.4, 0.5) is 0 Å². The summed E-state index contributed by atoms with van der Waals surface area (Å²) >= 11 is 0. The van der Waals surface area contributed by atoms with Crippen molar-refractivity contribution in [2.75, 3.05) is 47.0 Å². The van der Waals surface area contributed by atoms with Crippen molar-refractivity contribution in [3.8, 4) is 5.75 Å². The standard InChI is InChI=1S/C22H34N4O2/c1-24-15-20(14-23-24)17-26(12-13-27-2)16-19-8-10-25(11-9-19)18-21-6-4-5-7-22(21)28-3/h4-7,14-15,19H,8-13,16-18H2,1-3H3. The molecule has 3 rings (SSSR count). The highest BCUT2D eigenvalue weighted by Crippen LogP contribution is 2.24. The number of piperidine rings is 1. The second-order valence-corrected chi connectivity index (χ2v) is 7.78. The molecule has 1 aliphatic rings. The highest BCUT2D eigenvalue weighted by Gasteiger charge is 2.22. The first-order valence-corrected chi connectivity index (χ1v) is 10.2. The average Bonchev–Trinajstić information content (AvgIpc) is 3.12. The monoisotopic (exact) mass is 386 g/mol. The van der Waals surface area contributed by atoms with Crippen LogP contribution in [0.15, 0.2) is 36.7 Å². The predicted molar refractivity (Wildman–Crippen MR) is 111 cm³/mol. The zero-order chi connectivity index (χ0) is 19.8. The van der Waals surface area contributed by atoms with E-state index in [2.05, 4.69) is 33.2 Å². The van der Waals surface area contributed by atoms with Crippen molar-refractivity contribution in [1.29, 1.82) is 0 Å². The molecule has 0 spiro atoms. The normalized spacial score (nSPS) is 16.0. The quantitative estimate of drug-likeness (QED) is 0.628. The lowest BCUT2D eigenvalue weighted by atomic mass is 9.95. The summed E-state index contributed by atoms with van der Waals surface area (Å²) in [6.45, 7) is 7.07. The molecule has 0 radical (unpaired) electrons. The van der Waals surface area contributed by atoms with Gasteiger partial charge in [-0.1, -0.05) is 18.2 Å². The van der Waals surface area contributed by atoms with Gasteiger partial charge >= 0.3 is 0 Å². The van der Waals surface area contributed by atoms with Gasteiger partial charge in [0.05, 0.1) is 19.9 Å². The number of aromatic nitrogens is 2. The fraction of sp³-hybridized carbons (Fsp3) is 0.591. The number of hydrogen-bond donors (Lipinski definition) is 0. The zero-order valence-electron chi connectivity index (χ0n) is 17.5. The van der Waals surface area contributed by atoms with Crippen LogP contribution < -0.4 is 4.74 Å². The summed E-state index contributed by atoms with van der Waals surface area (Å²) < 4.78 is 12.7. The van der Waals surface area contributed by atoms with Crippen LogP contribution in [0.1, 0.15) is 24.0 Å². The number of hydrogen-bond acceptors (Lipinski definition) is 5. The summed E-state index contributed by atoms with van der Waals surface area (Å²) in [6.07, 6.45) is 6.56. The highest BCUT2D eigenvalue weighted by atomic mass is 16.5. The Bertz CT molecular complexity index is 710. The first-order chi connectivity index (χ1) is 13.7. The van der Waals surface area contributed by atoms with Gasteiger partial charge in [-0.2, -0.15) is 5.10 Å². The molecule has 6 nitrogen and oxygen atoms in total. The molecule has 0 N–H and O–H groups in total. The van der Waals surface area contributed by atoms with Crippen molar-refractivity contribution < 1.29 is 9.47 Å². The minimum atomic E-state index is 0.738. The molecule has 1 fully saturated rings. The molecule has 6 heteroatoms. The van der Waals surface area contributed by atoms with Crippen LogP contribution in [0.3, 0.4) is 0 Å². The summed E-state index contributed by atoms with van der Waals surface area (Å²) in [5, 5.41) is 4.30. The molecular weight excluding hydrogens is 352 g/mol. The van der Waals surface area contributed by atoms with Crippen molar-refractivity contribution in [1.82, 2.24) is 19.6 Å². The van der Waals surface area contributed by atoms with E-state index in [0.717, 1.165) is 57.5 Å². The zero-order valence-corrected chi connectivity index (χ0v) is 17.5. The summed E-state index contributed by atoms with van der Waals surface area (Å²) in [4.78, 5) is 5.07. The van der Waals surface area contributed by atoms with Gasteiger partial charge in [-0.25, -0.2) is 0 Å². The van der Waals surface area contributed by atoms with Crippen molar-refractivity contribution in [3.63, 3.8) is 0 Å². The van der Waals surface area contributed by atoms with Crippen LogP contribution >= 0.6 is 0 Å². The third kappa shape index (κ3) is 6.06. The molecular formula is C22H34N4O2. The van der Waals surface area contributed by atoms with E-state index in [1.165, 1.54) is 24.0 Å². The Labute approximate surface area is 169 Å². The number of methoxy groups -OCH3 is 2. The first kappa shape index (κ1) is 20.8. The Kier molecular flexibility index (Phi) is 7.89. The van der Waals surface area contributed by atoms with Crippen molar-refractivity contribution >= 4 is 0 Å². The lowest BCUT2D eigenvalue weighted by Gasteiger charge is -2.35. The summed E-state index contributed by atoms with van der Waals surface area (Å²) in [7, 11) is 5.50. The molecule has 1 aromatic carbocycles. The highest BCUT2D eigenvalue weighted by molar-refractivity contribution is 5.33. The third-order valence-electron chi connectivity index (χ3n) is 5.59. The number of nitrogens with zero attached hydrogens (tertiary/aromatic N) is 4. The van der Waals surface area contributed by atoms with Gasteiger partial charge in [-0.05, 0) is 37.9 Å². The maximum atomic E-state index is 5.50. The van der Waals surface area contributed by atoms with Gasteiger partial charge in [0, 0.05) is 57.7 Å². The second-order valence-electron chi connectivity index (χ2n) is 7.78. The van der Waals surface area contributed by atoms with Crippen LogP contribution in [0.2, 0.25) is 0 Å². The largest absolute Gasteiger partial charge is 0.496 e. The van der Waals surface area contributed by atoms with Crippen LogP contribution in [-0.4, -0.2) is 66.6 Å². The smallest absolute Gasteiger partial charge is 0.123 e. The predicted octanol–water partition coefficient (Wildman–Crippen LogP) is 2.79. The Morgan fingerprint density at radius 2 is 1.96 bits per heavy atom. The lowest BCUT2D eigenvalue weighted by Crippen LogP contribution is -2.39. The van der Waals surface area contributed by atoms with Crippen LogP contribution in [-0.2, 0) is 24.9 Å². The van der Waals surface area contributed by atoms with Crippen molar-refractivity contribution in [2.45, 2.75) is 25.9 Å². The Morgan fingerprint density at radius 1 is 1.18 bits per heavy atom. The number of ether oxygens (including phenoxy) is 2. The van der Waals surface area contributed by atoms with E-state index in [4.69, 9.17) is 9.47 Å². The van der Waals surface area contributed by atoms with Gasteiger partial charge in [0.15, 0.2) is 0 Å². The van der Waals surface area contributed by atoms with Crippen molar-refractivity contribution in [3.05, 3.63) is 47.8 Å². The van der Waals surface area contributed by atoms with Gasteiger partial charge < -0.3 is 9.47 Å². The SMILES string of the molecule is COCCN(Cc1cnn(C)c1)CC1CCN(Cc2ccccc2OC)CC1. The Hall–Kier alpha value is -1.89. The summed E-state index contributed by atoms with van der Waals surface area (Å²) in [5.74, 6) is 1.73. The Balaban J connectivity index is 1.49. The van der Waals surface area contributed by atoms with E-state index in [9.17, 15) is 0 Å². The van der Waals surface area contributed by atoms with E-state index in [-0.39, 0.29) is 0 Å². The third-order valence-corrected chi connectivity index (χ3v) is 5.59. The summed E-state index contributed by atoms with van der Waals surface area (Å²) in [5.41, 5.74) is 2.55. The molecule has 154 valence electrons. The van der Waals surface area contributed by atoms with Gasteiger partial charge in [0.25, 0.3) is 0 Å². The summed E-state index contributed by atoms with van der Waals surface area (Å²) in [6, 6.07) is 8.35. The second kappa shape index (κ2) is 10.6.